The summed E-state index contributed by atoms with van der Waals surface area (Å²) < 4.78 is 0. The molecule has 0 saturated heterocycles. The van der Waals surface area contributed by atoms with E-state index < -0.39 is 0 Å². The van der Waals surface area contributed by atoms with Crippen molar-refractivity contribution in [2.45, 2.75) is 0 Å². The Morgan fingerprint density at radius 3 is 0.727 bits per heavy atom. The van der Waals surface area contributed by atoms with Crippen LogP contribution in [0.5, 0.6) is 0 Å². The van der Waals surface area contributed by atoms with Crippen LogP contribution in [0.15, 0.2) is 91.0 Å². The molecule has 3 aromatic rings. The molecule has 0 unspecified atom stereocenters. The maximum atomic E-state index is 7.75. The Bertz CT molecular complexity index is 279. The summed E-state index contributed by atoms with van der Waals surface area (Å²) in [6.07, 6.45) is 0. The summed E-state index contributed by atoms with van der Waals surface area (Å²) in [4.78, 5) is 15.5. The van der Waals surface area contributed by atoms with Gasteiger partial charge in [0.25, 0.3) is 0 Å². The smallest absolute Gasteiger partial charge is 0 e. The van der Waals surface area contributed by atoms with E-state index in [4.69, 9.17) is 9.59 Å². The second kappa shape index (κ2) is 36.8. The van der Waals surface area contributed by atoms with Crippen LogP contribution in [-0.4, -0.2) is 13.6 Å². The summed E-state index contributed by atoms with van der Waals surface area (Å²) in [6, 6.07) is 30.0. The molecule has 3 aromatic carbocycles. The molecule has 0 aromatic heterocycles. The van der Waals surface area contributed by atoms with Crippen molar-refractivity contribution < 1.29 is 59.1 Å². The fraction of sp³-hybridized carbons (Fsp3) is 0. The van der Waals surface area contributed by atoms with Gasteiger partial charge in [0.1, 0.15) is 0 Å². The fourth-order valence-electron chi connectivity index (χ4n) is 0.962. The van der Waals surface area contributed by atoms with Gasteiger partial charge in [-0.3, -0.25) is 13.6 Å². The molecule has 2 nitrogen and oxygen atoms in total. The summed E-state index contributed by atoms with van der Waals surface area (Å²) in [5, 5.41) is 0. The molecule has 22 heavy (non-hydrogen) atoms. The van der Waals surface area contributed by atoms with Gasteiger partial charge in [0.15, 0.2) is 0 Å². The molecule has 136 valence electrons. The predicted molar refractivity (Wildman–Crippen MR) is 79.6 cm³/mol. The minimum absolute atomic E-state index is 0. The largest absolute Gasteiger partial charge is 0.748 e. The Kier molecular flexibility index (Phi) is 54.7. The molecular weight excluding hydrogens is 412 g/mol. The van der Waals surface area contributed by atoms with Crippen LogP contribution in [0.1, 0.15) is 0 Å². The van der Waals surface area contributed by atoms with Crippen molar-refractivity contribution in [3.05, 3.63) is 91.0 Å². The molecule has 0 amide bonds. The summed E-state index contributed by atoms with van der Waals surface area (Å²) in [6.45, 7) is 6.50. The van der Waals surface area contributed by atoms with E-state index in [1.54, 1.807) is 0 Å². The number of rotatable bonds is 0. The molecule has 0 radical (unpaired) electrons. The first-order chi connectivity index (χ1) is 9.50. The van der Waals surface area contributed by atoms with E-state index in [1.165, 1.54) is 0 Å². The van der Waals surface area contributed by atoms with E-state index >= 15 is 0 Å². The summed E-state index contributed by atoms with van der Waals surface area (Å²) in [5.74, 6) is 0. The number of hydrogen-bond acceptors (Lipinski definition) is 2. The van der Waals surface area contributed by atoms with Gasteiger partial charge in [-0.1, -0.05) is 0 Å². The van der Waals surface area contributed by atoms with Crippen molar-refractivity contribution in [3.8, 4) is 0 Å². The van der Waals surface area contributed by atoms with Crippen molar-refractivity contribution in [3.63, 3.8) is 0 Å². The van der Waals surface area contributed by atoms with Gasteiger partial charge in [0, 0.05) is 49.5 Å². The van der Waals surface area contributed by atoms with Crippen LogP contribution >= 0.6 is 0 Å². The number of carbonyl (C=O) groups excluding carboxylic acids is 2. The van der Waals surface area contributed by atoms with E-state index in [0.29, 0.717) is 0 Å². The van der Waals surface area contributed by atoms with E-state index in [-0.39, 0.29) is 49.5 Å². The normalized spacial score (nSPS) is 5.82. The van der Waals surface area contributed by atoms with Crippen LogP contribution in [0.25, 0.3) is 0 Å². The first kappa shape index (κ1) is 32.7. The summed E-state index contributed by atoms with van der Waals surface area (Å²) in [5.41, 5.74) is 0. The van der Waals surface area contributed by atoms with Gasteiger partial charge in [-0.25, -0.2) is 24.3 Å². The monoisotopic (exact) mass is 427 g/mol. The molecule has 0 aliphatic rings. The maximum absolute atomic E-state index is 7.75. The number of hydrogen-bond donors (Lipinski definition) is 0. The molecule has 0 aliphatic carbocycles. The average Bonchev–Trinajstić information content (AvgIpc) is 3.31. The van der Waals surface area contributed by atoms with E-state index in [2.05, 4.69) is 13.6 Å². The van der Waals surface area contributed by atoms with Crippen LogP contribution in [0.3, 0.4) is 0 Å². The van der Waals surface area contributed by atoms with Crippen molar-refractivity contribution in [2.24, 2.45) is 0 Å². The van der Waals surface area contributed by atoms with Crippen LogP contribution in [0.4, 0.5) is 0 Å². The van der Waals surface area contributed by atoms with E-state index in [1.807, 2.05) is 91.0 Å². The zero-order chi connectivity index (χ0) is 14.6. The molecule has 0 bridgehead atoms. The standard InChI is InChI=1S/3C5H5.2CHO.3Ni/c3*1-2-4-5-3-1;2*1-2;;;/h3*1-5H;2*1H;;;/q-5;4*-1;;;. The molecule has 5 heteroatoms. The fourth-order valence-corrected chi connectivity index (χ4v) is 0.962. The second-order valence-electron chi connectivity index (χ2n) is 2.89. The molecule has 0 aliphatic heterocycles. The van der Waals surface area contributed by atoms with Crippen molar-refractivity contribution in [1.29, 1.82) is 0 Å². The van der Waals surface area contributed by atoms with Gasteiger partial charge in [-0.15, -0.1) is 0 Å². The molecule has 3 rings (SSSR count). The zero-order valence-corrected chi connectivity index (χ0v) is 14.5. The molecule has 0 fully saturated rings. The molecule has 0 saturated carbocycles. The Morgan fingerprint density at radius 1 is 0.455 bits per heavy atom. The first-order valence-electron chi connectivity index (χ1n) is 5.47. The first-order valence-corrected chi connectivity index (χ1v) is 5.47. The third-order valence-corrected chi connectivity index (χ3v) is 1.67. The molecular formula is C17H17Ni3O2-9. The van der Waals surface area contributed by atoms with E-state index in [0.717, 1.165) is 0 Å². The molecule has 0 spiro atoms. The van der Waals surface area contributed by atoms with Crippen molar-refractivity contribution in [1.82, 2.24) is 0 Å². The maximum Gasteiger partial charge on any atom is 0 e. The Hall–Kier alpha value is -1.13. The molecule has 0 N–H and O–H groups in total. The van der Waals surface area contributed by atoms with Gasteiger partial charge in [0.2, 0.25) is 0 Å². The van der Waals surface area contributed by atoms with Gasteiger partial charge in [-0.2, -0.15) is 36.4 Å². The summed E-state index contributed by atoms with van der Waals surface area (Å²) >= 11 is 0. The van der Waals surface area contributed by atoms with Gasteiger partial charge < -0.3 is 39.9 Å². The van der Waals surface area contributed by atoms with E-state index in [9.17, 15) is 0 Å². The molecule has 0 heterocycles. The predicted octanol–water partition coefficient (Wildman–Crippen LogP) is 3.66. The zero-order valence-electron chi connectivity index (χ0n) is 11.6. The Morgan fingerprint density at radius 2 is 0.636 bits per heavy atom. The third-order valence-electron chi connectivity index (χ3n) is 1.67. The van der Waals surface area contributed by atoms with Crippen molar-refractivity contribution >= 4 is 13.6 Å². The average molecular weight is 429 g/mol. The van der Waals surface area contributed by atoms with Gasteiger partial charge >= 0.3 is 0 Å². The Balaban J connectivity index is -0.0000000557. The van der Waals surface area contributed by atoms with Crippen LogP contribution in [0, 0.1) is 0 Å². The second-order valence-corrected chi connectivity index (χ2v) is 2.89. The van der Waals surface area contributed by atoms with Gasteiger partial charge in [-0.05, 0) is 0 Å². The van der Waals surface area contributed by atoms with Crippen LogP contribution in [-0.2, 0) is 59.1 Å². The Labute approximate surface area is 163 Å². The topological polar surface area (TPSA) is 34.1 Å². The SMILES string of the molecule is [CH-]=O.[CH-]=O.[Ni].[Ni].[Ni].[cH-]1[cH-][cH-][cH-][cH-]1.c1cc[cH-]c1.c1cc[cH-]c1. The quantitative estimate of drug-likeness (QED) is 0.311. The summed E-state index contributed by atoms with van der Waals surface area (Å²) in [7, 11) is 0. The van der Waals surface area contributed by atoms with Gasteiger partial charge in [0.05, 0.1) is 0 Å². The minimum Gasteiger partial charge on any atom is -0.748 e. The third kappa shape index (κ3) is 31.3. The minimum atomic E-state index is 0. The van der Waals surface area contributed by atoms with Crippen LogP contribution in [0.2, 0.25) is 0 Å². The van der Waals surface area contributed by atoms with Crippen LogP contribution < -0.4 is 0 Å². The molecule has 0 atom stereocenters. The van der Waals surface area contributed by atoms with Crippen molar-refractivity contribution in [2.75, 3.05) is 0 Å².